The van der Waals surface area contributed by atoms with Crippen LogP contribution in [0, 0.1) is 10.7 Å². The lowest BCUT2D eigenvalue weighted by molar-refractivity contribution is -0.117. The largest absolute Gasteiger partial charge is 0.453 e. The Hall–Kier alpha value is -1.22. The number of imide groups is 1. The maximum atomic E-state index is 10.6. The Morgan fingerprint density at radius 2 is 2.36 bits per heavy atom. The van der Waals surface area contributed by atoms with Crippen LogP contribution in [0.15, 0.2) is 0 Å². The van der Waals surface area contributed by atoms with Crippen LogP contribution in [0.1, 0.15) is 0 Å². The highest BCUT2D eigenvalue weighted by Gasteiger charge is 2.05. The SMILES string of the molecule is COC(=O)NC(=O)CSC#N. The van der Waals surface area contributed by atoms with E-state index in [1.54, 1.807) is 5.40 Å². The molecule has 60 valence electrons. The first kappa shape index (κ1) is 9.78. The molecule has 0 aliphatic carbocycles. The van der Waals surface area contributed by atoms with E-state index in [1.165, 1.54) is 0 Å². The minimum atomic E-state index is -0.812. The minimum absolute atomic E-state index is 0.0639. The molecule has 0 bridgehead atoms. The van der Waals surface area contributed by atoms with Crippen molar-refractivity contribution in [1.29, 1.82) is 5.26 Å². The van der Waals surface area contributed by atoms with Gasteiger partial charge in [-0.05, 0) is 11.8 Å². The van der Waals surface area contributed by atoms with Crippen molar-refractivity contribution in [3.05, 3.63) is 0 Å². The summed E-state index contributed by atoms with van der Waals surface area (Å²) >= 11 is 0.754. The molecule has 2 amide bonds. The normalized spacial score (nSPS) is 8.00. The van der Waals surface area contributed by atoms with Crippen molar-refractivity contribution >= 4 is 23.8 Å². The average molecular weight is 174 g/mol. The second kappa shape index (κ2) is 5.56. The number of alkyl carbamates (subject to hydrolysis) is 1. The first-order valence-corrected chi connectivity index (χ1v) is 3.58. The highest BCUT2D eigenvalue weighted by molar-refractivity contribution is 8.04. The number of thioether (sulfide) groups is 1. The monoisotopic (exact) mass is 174 g/mol. The first-order chi connectivity index (χ1) is 5.20. The molecular weight excluding hydrogens is 168 g/mol. The standard InChI is InChI=1S/C5H6N2O3S/c1-10-5(9)7-4(8)2-11-3-6/h2H2,1H3,(H,7,8,9). The Labute approximate surface area is 67.7 Å². The first-order valence-electron chi connectivity index (χ1n) is 2.59. The zero-order chi connectivity index (χ0) is 8.69. The van der Waals surface area contributed by atoms with E-state index >= 15 is 0 Å². The van der Waals surface area contributed by atoms with E-state index in [1.807, 2.05) is 5.32 Å². The van der Waals surface area contributed by atoms with Crippen LogP contribution >= 0.6 is 11.8 Å². The highest BCUT2D eigenvalue weighted by atomic mass is 32.2. The summed E-state index contributed by atoms with van der Waals surface area (Å²) in [5.74, 6) is -0.602. The van der Waals surface area contributed by atoms with Crippen LogP contribution in [0.2, 0.25) is 0 Å². The van der Waals surface area contributed by atoms with Gasteiger partial charge < -0.3 is 4.74 Å². The molecule has 0 unspecified atom stereocenters. The van der Waals surface area contributed by atoms with Crippen LogP contribution < -0.4 is 5.32 Å². The number of nitriles is 1. The number of methoxy groups -OCH3 is 1. The number of hydrogen-bond acceptors (Lipinski definition) is 5. The molecule has 6 heteroatoms. The third kappa shape index (κ3) is 5.24. The maximum Gasteiger partial charge on any atom is 0.413 e. The van der Waals surface area contributed by atoms with Gasteiger partial charge in [-0.15, -0.1) is 0 Å². The fourth-order valence-electron chi connectivity index (χ4n) is 0.299. The number of nitrogens with zero attached hydrogens (tertiary/aromatic N) is 1. The molecule has 0 atom stereocenters. The fraction of sp³-hybridized carbons (Fsp3) is 0.400. The summed E-state index contributed by atoms with van der Waals surface area (Å²) in [6.45, 7) is 0. The van der Waals surface area contributed by atoms with Gasteiger partial charge >= 0.3 is 6.09 Å². The highest BCUT2D eigenvalue weighted by Crippen LogP contribution is 1.93. The molecule has 0 fully saturated rings. The molecule has 0 rings (SSSR count). The van der Waals surface area contributed by atoms with Crippen molar-refractivity contribution in [2.24, 2.45) is 0 Å². The number of thiocyanates is 1. The molecule has 0 radical (unpaired) electrons. The van der Waals surface area contributed by atoms with Crippen LogP contribution in [-0.2, 0) is 9.53 Å². The predicted octanol–water partition coefficient (Wildman–Crippen LogP) is 0.0833. The number of nitrogens with one attached hydrogen (secondary N) is 1. The molecule has 0 saturated carbocycles. The number of rotatable bonds is 2. The van der Waals surface area contributed by atoms with E-state index in [0.29, 0.717) is 0 Å². The molecule has 11 heavy (non-hydrogen) atoms. The van der Waals surface area contributed by atoms with Crippen LogP contribution in [0.4, 0.5) is 4.79 Å². The Balaban J connectivity index is 3.54. The van der Waals surface area contributed by atoms with Gasteiger partial charge in [0.1, 0.15) is 5.40 Å². The lowest BCUT2D eigenvalue weighted by atomic mass is 10.7. The van der Waals surface area contributed by atoms with Gasteiger partial charge in [0.25, 0.3) is 0 Å². The molecule has 0 heterocycles. The summed E-state index contributed by atoms with van der Waals surface area (Å²) in [7, 11) is 1.15. The number of carbonyl (C=O) groups is 2. The van der Waals surface area contributed by atoms with Crippen LogP contribution in [-0.4, -0.2) is 24.9 Å². The van der Waals surface area contributed by atoms with Crippen molar-refractivity contribution < 1.29 is 14.3 Å². The second-order valence-electron chi connectivity index (χ2n) is 1.42. The number of carbonyl (C=O) groups excluding carboxylic acids is 2. The molecule has 0 spiro atoms. The summed E-state index contributed by atoms with van der Waals surface area (Å²) in [6, 6.07) is 0. The Morgan fingerprint density at radius 1 is 1.73 bits per heavy atom. The zero-order valence-electron chi connectivity index (χ0n) is 5.79. The van der Waals surface area contributed by atoms with E-state index in [9.17, 15) is 9.59 Å². The molecule has 0 aromatic rings. The van der Waals surface area contributed by atoms with E-state index in [-0.39, 0.29) is 5.75 Å². The van der Waals surface area contributed by atoms with Gasteiger partial charge in [-0.3, -0.25) is 10.1 Å². The molecule has 1 N–H and O–H groups in total. The van der Waals surface area contributed by atoms with Crippen LogP contribution in [0.25, 0.3) is 0 Å². The summed E-state index contributed by atoms with van der Waals surface area (Å²) in [6.07, 6.45) is -0.812. The van der Waals surface area contributed by atoms with Gasteiger partial charge in [0.05, 0.1) is 12.9 Å². The van der Waals surface area contributed by atoms with Gasteiger partial charge in [0.2, 0.25) is 5.91 Å². The molecular formula is C5H6N2O3S. The van der Waals surface area contributed by atoms with E-state index < -0.39 is 12.0 Å². The molecule has 5 nitrogen and oxygen atoms in total. The van der Waals surface area contributed by atoms with Crippen LogP contribution in [0.3, 0.4) is 0 Å². The van der Waals surface area contributed by atoms with Crippen molar-refractivity contribution in [2.45, 2.75) is 0 Å². The molecule has 0 saturated heterocycles. The van der Waals surface area contributed by atoms with Gasteiger partial charge in [0.15, 0.2) is 0 Å². The topological polar surface area (TPSA) is 79.2 Å². The molecule has 0 aliphatic heterocycles. The van der Waals surface area contributed by atoms with E-state index in [4.69, 9.17) is 5.26 Å². The lowest BCUT2D eigenvalue weighted by Gasteiger charge is -1.98. The zero-order valence-corrected chi connectivity index (χ0v) is 6.60. The van der Waals surface area contributed by atoms with Gasteiger partial charge in [0, 0.05) is 0 Å². The smallest absolute Gasteiger partial charge is 0.413 e. The average Bonchev–Trinajstić information content (AvgIpc) is 2.00. The second-order valence-corrected chi connectivity index (χ2v) is 2.18. The van der Waals surface area contributed by atoms with Gasteiger partial charge in [-0.25, -0.2) is 4.79 Å². The van der Waals surface area contributed by atoms with Crippen LogP contribution in [0.5, 0.6) is 0 Å². The van der Waals surface area contributed by atoms with E-state index in [0.717, 1.165) is 18.9 Å². The number of ether oxygens (including phenoxy) is 1. The summed E-state index contributed by atoms with van der Waals surface area (Å²) in [4.78, 5) is 20.9. The fourth-order valence-corrected chi connectivity index (χ4v) is 0.567. The summed E-state index contributed by atoms with van der Waals surface area (Å²) < 4.78 is 4.14. The quantitative estimate of drug-likeness (QED) is 0.600. The van der Waals surface area contributed by atoms with Crippen molar-refractivity contribution in [1.82, 2.24) is 5.32 Å². The lowest BCUT2D eigenvalue weighted by Crippen LogP contribution is -2.31. The molecule has 0 aromatic carbocycles. The molecule has 0 aromatic heterocycles. The maximum absolute atomic E-state index is 10.6. The molecule has 0 aliphatic rings. The number of hydrogen-bond donors (Lipinski definition) is 1. The summed E-state index contributed by atoms with van der Waals surface area (Å²) in [5.41, 5.74) is 0. The van der Waals surface area contributed by atoms with Gasteiger partial charge in [-0.1, -0.05) is 0 Å². The van der Waals surface area contributed by atoms with E-state index in [2.05, 4.69) is 4.74 Å². The third-order valence-corrected chi connectivity index (χ3v) is 1.23. The van der Waals surface area contributed by atoms with Crippen molar-refractivity contribution in [3.8, 4) is 5.40 Å². The number of amides is 2. The Bertz CT molecular complexity index is 198. The predicted molar refractivity (Wildman–Crippen MR) is 38.6 cm³/mol. The van der Waals surface area contributed by atoms with Crippen molar-refractivity contribution in [3.63, 3.8) is 0 Å². The third-order valence-electron chi connectivity index (χ3n) is 0.695. The summed E-state index contributed by atoms with van der Waals surface area (Å²) in [5, 5.41) is 11.6. The van der Waals surface area contributed by atoms with Gasteiger partial charge in [-0.2, -0.15) is 5.26 Å². The Morgan fingerprint density at radius 3 is 2.82 bits per heavy atom. The van der Waals surface area contributed by atoms with Crippen molar-refractivity contribution in [2.75, 3.05) is 12.9 Å². The minimum Gasteiger partial charge on any atom is -0.453 e. The Kier molecular flexibility index (Phi) is 4.94.